The minimum atomic E-state index is -0.213. The average Bonchev–Trinajstić information content (AvgIpc) is 3.72. The van der Waals surface area contributed by atoms with Crippen molar-refractivity contribution in [2.75, 3.05) is 36.5 Å². The summed E-state index contributed by atoms with van der Waals surface area (Å²) in [5, 5.41) is 4.48. The lowest BCUT2D eigenvalue weighted by Gasteiger charge is -2.28. The Balaban J connectivity index is 1.32. The van der Waals surface area contributed by atoms with Gasteiger partial charge in [-0.15, -0.1) is 0 Å². The van der Waals surface area contributed by atoms with E-state index in [1.54, 1.807) is 0 Å². The largest absolute Gasteiger partial charge is 0.378 e. The van der Waals surface area contributed by atoms with Crippen molar-refractivity contribution in [3.8, 4) is 11.4 Å². The third-order valence-electron chi connectivity index (χ3n) is 7.44. The van der Waals surface area contributed by atoms with Crippen LogP contribution >= 0.6 is 0 Å². The number of para-hydroxylation sites is 1. The number of aromatic nitrogens is 5. The van der Waals surface area contributed by atoms with Gasteiger partial charge in [0.1, 0.15) is 17.2 Å². The Hall–Kier alpha value is -4.24. The molecule has 3 aromatic heterocycles. The molecule has 3 N–H and O–H groups in total. The third-order valence-corrected chi connectivity index (χ3v) is 7.44. The molecule has 192 valence electrons. The molecule has 4 heterocycles. The molecular formula is C29H29N7O2. The summed E-state index contributed by atoms with van der Waals surface area (Å²) in [6, 6.07) is 15.8. The smallest absolute Gasteiger partial charge is 0.261 e. The van der Waals surface area contributed by atoms with Gasteiger partial charge in [0.15, 0.2) is 0 Å². The predicted molar refractivity (Wildman–Crippen MR) is 149 cm³/mol. The summed E-state index contributed by atoms with van der Waals surface area (Å²) in [5.74, 6) is 1.77. The number of ether oxygens (including phenoxy) is 1. The van der Waals surface area contributed by atoms with Crippen LogP contribution in [0.1, 0.15) is 43.2 Å². The van der Waals surface area contributed by atoms with E-state index in [-0.39, 0.29) is 11.6 Å². The summed E-state index contributed by atoms with van der Waals surface area (Å²) < 4.78 is 5.50. The second kappa shape index (κ2) is 9.25. The van der Waals surface area contributed by atoms with Crippen LogP contribution < -0.4 is 15.8 Å². The fourth-order valence-corrected chi connectivity index (χ4v) is 5.24. The van der Waals surface area contributed by atoms with E-state index in [4.69, 9.17) is 14.7 Å². The summed E-state index contributed by atoms with van der Waals surface area (Å²) in [4.78, 5) is 36.5. The molecule has 1 aliphatic heterocycles. The lowest BCUT2D eigenvalue weighted by molar-refractivity contribution is 0.122. The number of imidazole rings is 1. The molecule has 5 aromatic rings. The van der Waals surface area contributed by atoms with Crippen molar-refractivity contribution >= 4 is 33.3 Å². The number of aromatic amines is 2. The first-order chi connectivity index (χ1) is 18.6. The SMILES string of the molecule is CC(Nc1c(-c2nc3ccc(N4CCOCC4)cc3[nH]2)c(=O)[nH]c2ccccc12)c1nccc(C2CC2)n1. The van der Waals surface area contributed by atoms with E-state index in [0.717, 1.165) is 59.6 Å². The number of rotatable bonds is 6. The highest BCUT2D eigenvalue weighted by Crippen LogP contribution is 2.39. The van der Waals surface area contributed by atoms with Crippen molar-refractivity contribution < 1.29 is 4.74 Å². The van der Waals surface area contributed by atoms with E-state index in [9.17, 15) is 4.79 Å². The van der Waals surface area contributed by atoms with Crippen molar-refractivity contribution in [1.29, 1.82) is 0 Å². The number of anilines is 2. The molecule has 0 amide bonds. The minimum absolute atomic E-state index is 0.210. The van der Waals surface area contributed by atoms with Crippen LogP contribution in [0.3, 0.4) is 0 Å². The molecule has 1 saturated heterocycles. The lowest BCUT2D eigenvalue weighted by atomic mass is 10.1. The Morgan fingerprint density at radius 1 is 1.03 bits per heavy atom. The first-order valence-electron chi connectivity index (χ1n) is 13.2. The summed E-state index contributed by atoms with van der Waals surface area (Å²) in [5.41, 5.74) is 5.63. The summed E-state index contributed by atoms with van der Waals surface area (Å²) in [6.45, 7) is 5.18. The highest BCUT2D eigenvalue weighted by molar-refractivity contribution is 5.99. The molecule has 1 saturated carbocycles. The maximum Gasteiger partial charge on any atom is 0.261 e. The van der Waals surface area contributed by atoms with Gasteiger partial charge in [-0.2, -0.15) is 0 Å². The van der Waals surface area contributed by atoms with Gasteiger partial charge in [-0.05, 0) is 50.1 Å². The van der Waals surface area contributed by atoms with Crippen LogP contribution in [0, 0.1) is 0 Å². The second-order valence-corrected chi connectivity index (χ2v) is 10.1. The first-order valence-corrected chi connectivity index (χ1v) is 13.2. The number of benzene rings is 2. The molecule has 2 fully saturated rings. The fraction of sp³-hybridized carbons (Fsp3) is 0.310. The van der Waals surface area contributed by atoms with E-state index in [2.05, 4.69) is 37.3 Å². The Morgan fingerprint density at radius 2 is 1.87 bits per heavy atom. The zero-order valence-electron chi connectivity index (χ0n) is 21.2. The predicted octanol–water partition coefficient (Wildman–Crippen LogP) is 4.75. The van der Waals surface area contributed by atoms with Crippen LogP contribution in [0.15, 0.2) is 59.5 Å². The summed E-state index contributed by atoms with van der Waals surface area (Å²) in [6.07, 6.45) is 4.19. The lowest BCUT2D eigenvalue weighted by Crippen LogP contribution is -2.36. The topological polar surface area (TPSA) is 112 Å². The number of morpholine rings is 1. The number of pyridine rings is 1. The van der Waals surface area contributed by atoms with Crippen LogP contribution in [0.2, 0.25) is 0 Å². The minimum Gasteiger partial charge on any atom is -0.378 e. The van der Waals surface area contributed by atoms with Gasteiger partial charge in [0.05, 0.1) is 41.5 Å². The maximum absolute atomic E-state index is 13.5. The average molecular weight is 508 g/mol. The zero-order valence-corrected chi connectivity index (χ0v) is 21.2. The molecule has 38 heavy (non-hydrogen) atoms. The molecule has 0 spiro atoms. The normalized spacial score (nSPS) is 16.7. The first kappa shape index (κ1) is 22.9. The molecule has 9 nitrogen and oxygen atoms in total. The standard InChI is InChI=1S/C29H29N7O2/c1-17(27-30-11-10-21(32-27)18-6-7-18)31-26-20-4-2-3-5-22(20)35-29(37)25(26)28-33-23-9-8-19(16-24(23)34-28)36-12-14-38-15-13-36/h2-5,8-11,16-18H,6-7,12-15H2,1H3,(H,33,34)(H2,31,35,37). The molecular weight excluding hydrogens is 478 g/mol. The van der Waals surface area contributed by atoms with E-state index in [0.29, 0.717) is 28.8 Å². The van der Waals surface area contributed by atoms with Gasteiger partial charge >= 0.3 is 0 Å². The Morgan fingerprint density at radius 3 is 2.71 bits per heavy atom. The molecule has 0 radical (unpaired) electrons. The molecule has 2 aliphatic rings. The summed E-state index contributed by atoms with van der Waals surface area (Å²) in [7, 11) is 0. The van der Waals surface area contributed by atoms with Crippen LogP contribution in [-0.4, -0.2) is 51.2 Å². The van der Waals surface area contributed by atoms with Gasteiger partial charge in [-0.1, -0.05) is 18.2 Å². The number of nitrogens with one attached hydrogen (secondary N) is 3. The van der Waals surface area contributed by atoms with Crippen molar-refractivity contribution in [2.24, 2.45) is 0 Å². The van der Waals surface area contributed by atoms with Gasteiger partial charge in [0, 0.05) is 42.0 Å². The van der Waals surface area contributed by atoms with Gasteiger partial charge in [-0.3, -0.25) is 4.79 Å². The number of hydrogen-bond donors (Lipinski definition) is 3. The molecule has 1 atom stereocenters. The van der Waals surface area contributed by atoms with E-state index in [1.165, 1.54) is 12.8 Å². The number of fused-ring (bicyclic) bond motifs is 2. The van der Waals surface area contributed by atoms with E-state index in [1.807, 2.05) is 49.5 Å². The Labute approximate surface area is 219 Å². The third kappa shape index (κ3) is 4.18. The fourth-order valence-electron chi connectivity index (χ4n) is 5.24. The second-order valence-electron chi connectivity index (χ2n) is 10.1. The highest BCUT2D eigenvalue weighted by atomic mass is 16.5. The van der Waals surface area contributed by atoms with Gasteiger partial charge in [0.25, 0.3) is 5.56 Å². The Kier molecular flexibility index (Phi) is 5.58. The van der Waals surface area contributed by atoms with Crippen LogP contribution in [0.4, 0.5) is 11.4 Å². The quantitative estimate of drug-likeness (QED) is 0.304. The van der Waals surface area contributed by atoms with Crippen LogP contribution in [0.25, 0.3) is 33.3 Å². The van der Waals surface area contributed by atoms with Crippen LogP contribution in [0.5, 0.6) is 0 Å². The molecule has 1 unspecified atom stereocenters. The monoisotopic (exact) mass is 507 g/mol. The van der Waals surface area contributed by atoms with Crippen molar-refractivity contribution in [3.63, 3.8) is 0 Å². The van der Waals surface area contributed by atoms with E-state index >= 15 is 0 Å². The molecule has 7 rings (SSSR count). The number of hydrogen-bond acceptors (Lipinski definition) is 7. The van der Waals surface area contributed by atoms with Gasteiger partial charge < -0.3 is 24.9 Å². The van der Waals surface area contributed by atoms with Crippen molar-refractivity contribution in [2.45, 2.75) is 31.7 Å². The Bertz CT molecular complexity index is 1700. The number of H-pyrrole nitrogens is 2. The maximum atomic E-state index is 13.5. The zero-order chi connectivity index (χ0) is 25.6. The van der Waals surface area contributed by atoms with Crippen molar-refractivity contribution in [3.05, 3.63) is 76.6 Å². The number of nitrogens with zero attached hydrogens (tertiary/aromatic N) is 4. The highest BCUT2D eigenvalue weighted by Gasteiger charge is 2.26. The van der Waals surface area contributed by atoms with Crippen molar-refractivity contribution in [1.82, 2.24) is 24.9 Å². The molecule has 0 bridgehead atoms. The van der Waals surface area contributed by atoms with E-state index < -0.39 is 0 Å². The summed E-state index contributed by atoms with van der Waals surface area (Å²) >= 11 is 0. The van der Waals surface area contributed by atoms with Gasteiger partial charge in [-0.25, -0.2) is 15.0 Å². The molecule has 1 aliphatic carbocycles. The van der Waals surface area contributed by atoms with Crippen LogP contribution in [-0.2, 0) is 4.74 Å². The molecule has 9 heteroatoms. The van der Waals surface area contributed by atoms with Gasteiger partial charge in [0.2, 0.25) is 0 Å². The molecule has 2 aromatic carbocycles.